The Balaban J connectivity index is 1.88. The quantitative estimate of drug-likeness (QED) is 0.537. The van der Waals surface area contributed by atoms with Gasteiger partial charge in [0.25, 0.3) is 0 Å². The fraction of sp³-hybridized carbons (Fsp3) is 0.136. The second kappa shape index (κ2) is 8.47. The Morgan fingerprint density at radius 2 is 1.63 bits per heavy atom. The van der Waals surface area contributed by atoms with E-state index in [0.717, 1.165) is 11.1 Å². The fourth-order valence-corrected chi connectivity index (χ4v) is 3.41. The molecule has 0 atom stereocenters. The Morgan fingerprint density at radius 3 is 2.33 bits per heavy atom. The molecule has 0 aliphatic heterocycles. The van der Waals surface area contributed by atoms with Gasteiger partial charge in [-0.25, -0.2) is 4.79 Å². The molecular weight excluding hydrogens is 383 g/mol. The van der Waals surface area contributed by atoms with Gasteiger partial charge in [-0.2, -0.15) is 0 Å². The molecule has 0 spiro atoms. The van der Waals surface area contributed by atoms with Crippen LogP contribution in [0.2, 0.25) is 10.0 Å². The maximum absolute atomic E-state index is 11.4. The van der Waals surface area contributed by atoms with Gasteiger partial charge in [-0.15, -0.1) is 0 Å². The third-order valence-corrected chi connectivity index (χ3v) is 5.18. The van der Waals surface area contributed by atoms with Crippen molar-refractivity contribution in [1.82, 2.24) is 0 Å². The maximum Gasteiger partial charge on any atom is 0.335 e. The van der Waals surface area contributed by atoms with Crippen LogP contribution in [0, 0.1) is 6.92 Å². The molecule has 3 aromatic rings. The van der Waals surface area contributed by atoms with Gasteiger partial charge in [0.2, 0.25) is 0 Å². The molecule has 0 radical (unpaired) electrons. The first-order chi connectivity index (χ1) is 13.0. The van der Waals surface area contributed by atoms with E-state index < -0.39 is 5.97 Å². The van der Waals surface area contributed by atoms with Crippen molar-refractivity contribution in [2.45, 2.75) is 20.0 Å². The number of carboxylic acid groups (broad SMARTS) is 1. The number of hydrogen-bond acceptors (Lipinski definition) is 2. The molecule has 0 saturated carbocycles. The first-order valence-electron chi connectivity index (χ1n) is 8.42. The van der Waals surface area contributed by atoms with Gasteiger partial charge < -0.3 is 9.84 Å². The summed E-state index contributed by atoms with van der Waals surface area (Å²) in [6.45, 7) is 2.41. The molecule has 3 aromatic carbocycles. The van der Waals surface area contributed by atoms with Crippen molar-refractivity contribution >= 4 is 29.2 Å². The van der Waals surface area contributed by atoms with Crippen LogP contribution in [-0.2, 0) is 13.0 Å². The van der Waals surface area contributed by atoms with Crippen LogP contribution in [0.3, 0.4) is 0 Å². The summed E-state index contributed by atoms with van der Waals surface area (Å²) in [7, 11) is 0. The van der Waals surface area contributed by atoms with Crippen LogP contribution in [0.5, 0.6) is 5.75 Å². The number of aromatic carboxylic acids is 1. The van der Waals surface area contributed by atoms with E-state index >= 15 is 0 Å². The average Bonchev–Trinajstić information content (AvgIpc) is 2.66. The number of rotatable bonds is 6. The van der Waals surface area contributed by atoms with Crippen LogP contribution < -0.4 is 4.74 Å². The zero-order valence-corrected chi connectivity index (χ0v) is 16.2. The van der Waals surface area contributed by atoms with Gasteiger partial charge in [-0.3, -0.25) is 0 Å². The van der Waals surface area contributed by atoms with Crippen LogP contribution in [0.1, 0.15) is 32.6 Å². The SMILES string of the molecule is Cc1ccccc1COc1ccc(Cl)c(Cc2ccccc2C(=O)O)c1Cl. The van der Waals surface area contributed by atoms with E-state index in [1.807, 2.05) is 31.2 Å². The smallest absolute Gasteiger partial charge is 0.335 e. The van der Waals surface area contributed by atoms with E-state index in [2.05, 4.69) is 0 Å². The fourth-order valence-electron chi connectivity index (χ4n) is 2.85. The largest absolute Gasteiger partial charge is 0.487 e. The average molecular weight is 401 g/mol. The summed E-state index contributed by atoms with van der Waals surface area (Å²) in [6.07, 6.45) is 0.307. The zero-order chi connectivity index (χ0) is 19.4. The Kier molecular flexibility index (Phi) is 6.04. The lowest BCUT2D eigenvalue weighted by molar-refractivity contribution is 0.0696. The minimum absolute atomic E-state index is 0.232. The molecule has 0 saturated heterocycles. The van der Waals surface area contributed by atoms with Crippen LogP contribution in [0.25, 0.3) is 0 Å². The number of ether oxygens (including phenoxy) is 1. The predicted octanol–water partition coefficient (Wildman–Crippen LogP) is 6.17. The summed E-state index contributed by atoms with van der Waals surface area (Å²) in [5.41, 5.74) is 3.73. The van der Waals surface area contributed by atoms with Gasteiger partial charge in [0.05, 0.1) is 10.6 Å². The standard InChI is InChI=1S/C22H18Cl2O3/c1-14-6-2-3-8-16(14)13-27-20-11-10-19(23)18(21(20)24)12-15-7-4-5-9-17(15)22(25)26/h2-11H,12-13H2,1H3,(H,25,26). The van der Waals surface area contributed by atoms with E-state index in [4.69, 9.17) is 27.9 Å². The molecule has 0 aromatic heterocycles. The number of benzene rings is 3. The first-order valence-corrected chi connectivity index (χ1v) is 9.18. The summed E-state index contributed by atoms with van der Waals surface area (Å²) in [5.74, 6) is -0.461. The molecule has 3 rings (SSSR count). The molecule has 27 heavy (non-hydrogen) atoms. The highest BCUT2D eigenvalue weighted by molar-refractivity contribution is 6.37. The third-order valence-electron chi connectivity index (χ3n) is 4.41. The Hall–Kier alpha value is -2.49. The van der Waals surface area contributed by atoms with E-state index in [1.54, 1.807) is 36.4 Å². The highest BCUT2D eigenvalue weighted by Crippen LogP contribution is 2.36. The lowest BCUT2D eigenvalue weighted by Crippen LogP contribution is -2.04. The van der Waals surface area contributed by atoms with Gasteiger partial charge in [-0.1, -0.05) is 65.7 Å². The highest BCUT2D eigenvalue weighted by Gasteiger charge is 2.16. The van der Waals surface area contributed by atoms with Crippen molar-refractivity contribution in [3.63, 3.8) is 0 Å². The van der Waals surface area contributed by atoms with E-state index in [9.17, 15) is 9.90 Å². The molecule has 0 fully saturated rings. The van der Waals surface area contributed by atoms with E-state index in [0.29, 0.717) is 39.9 Å². The molecule has 0 unspecified atom stereocenters. The number of halogens is 2. The molecule has 0 aliphatic carbocycles. The van der Waals surface area contributed by atoms with Crippen LogP contribution in [0.15, 0.2) is 60.7 Å². The van der Waals surface area contributed by atoms with E-state index in [1.165, 1.54) is 0 Å². The second-order valence-corrected chi connectivity index (χ2v) is 6.98. The Labute approximate surface area is 168 Å². The van der Waals surface area contributed by atoms with Gasteiger partial charge in [-0.05, 0) is 47.4 Å². The van der Waals surface area contributed by atoms with Crippen molar-refractivity contribution in [2.24, 2.45) is 0 Å². The number of hydrogen-bond donors (Lipinski definition) is 1. The molecule has 1 N–H and O–H groups in total. The normalized spacial score (nSPS) is 10.6. The summed E-state index contributed by atoms with van der Waals surface area (Å²) in [6, 6.07) is 18.2. The lowest BCUT2D eigenvalue weighted by Gasteiger charge is -2.15. The van der Waals surface area contributed by atoms with Crippen LogP contribution >= 0.6 is 23.2 Å². The monoisotopic (exact) mass is 400 g/mol. The van der Waals surface area contributed by atoms with Gasteiger partial charge in [0.1, 0.15) is 12.4 Å². The van der Waals surface area contributed by atoms with Crippen LogP contribution in [-0.4, -0.2) is 11.1 Å². The molecule has 0 amide bonds. The Bertz CT molecular complexity index is 983. The molecule has 3 nitrogen and oxygen atoms in total. The molecule has 0 aliphatic rings. The minimum atomic E-state index is -0.982. The van der Waals surface area contributed by atoms with E-state index in [-0.39, 0.29) is 5.56 Å². The summed E-state index contributed by atoms with van der Waals surface area (Å²) in [5, 5.41) is 10.3. The molecule has 5 heteroatoms. The third kappa shape index (κ3) is 4.44. The Morgan fingerprint density at radius 1 is 0.963 bits per heavy atom. The minimum Gasteiger partial charge on any atom is -0.487 e. The molecule has 138 valence electrons. The number of aryl methyl sites for hydroxylation is 1. The van der Waals surface area contributed by atoms with Gasteiger partial charge >= 0.3 is 5.97 Å². The zero-order valence-electron chi connectivity index (χ0n) is 14.7. The predicted molar refractivity (Wildman–Crippen MR) is 108 cm³/mol. The van der Waals surface area contributed by atoms with Crippen molar-refractivity contribution in [3.8, 4) is 5.75 Å². The summed E-state index contributed by atoms with van der Waals surface area (Å²) < 4.78 is 5.91. The van der Waals surface area contributed by atoms with Gasteiger partial charge in [0, 0.05) is 11.4 Å². The van der Waals surface area contributed by atoms with Crippen LogP contribution in [0.4, 0.5) is 0 Å². The first kappa shape index (κ1) is 19.3. The second-order valence-electron chi connectivity index (χ2n) is 6.19. The van der Waals surface area contributed by atoms with Gasteiger partial charge in [0.15, 0.2) is 0 Å². The number of carbonyl (C=O) groups is 1. The van der Waals surface area contributed by atoms with Crippen molar-refractivity contribution < 1.29 is 14.6 Å². The lowest BCUT2D eigenvalue weighted by atomic mass is 9.99. The molecular formula is C22H18Cl2O3. The summed E-state index contributed by atoms with van der Waals surface area (Å²) >= 11 is 12.9. The topological polar surface area (TPSA) is 46.5 Å². The van der Waals surface area contributed by atoms with Crippen molar-refractivity contribution in [2.75, 3.05) is 0 Å². The summed E-state index contributed by atoms with van der Waals surface area (Å²) in [4.78, 5) is 11.4. The molecule has 0 heterocycles. The maximum atomic E-state index is 11.4. The highest BCUT2D eigenvalue weighted by atomic mass is 35.5. The van der Waals surface area contributed by atoms with Crippen molar-refractivity contribution in [3.05, 3.63) is 98.5 Å². The number of carboxylic acids is 1. The van der Waals surface area contributed by atoms with Crippen molar-refractivity contribution in [1.29, 1.82) is 0 Å². The molecule has 0 bridgehead atoms.